The summed E-state index contributed by atoms with van der Waals surface area (Å²) in [5.41, 5.74) is 6.09. The van der Waals surface area contributed by atoms with E-state index in [0.717, 1.165) is 25.8 Å². The summed E-state index contributed by atoms with van der Waals surface area (Å²) in [6.07, 6.45) is 6.85. The second-order valence-electron chi connectivity index (χ2n) is 4.61. The van der Waals surface area contributed by atoms with Crippen LogP contribution >= 0.6 is 0 Å². The molecule has 0 heterocycles. The van der Waals surface area contributed by atoms with Crippen molar-refractivity contribution in [2.45, 2.75) is 51.5 Å². The van der Waals surface area contributed by atoms with Gasteiger partial charge < -0.3 is 10.6 Å². The monoisotopic (exact) mass is 212 g/mol. The highest BCUT2D eigenvalue weighted by Gasteiger charge is 2.27. The van der Waals surface area contributed by atoms with E-state index in [-0.39, 0.29) is 17.9 Å². The molecular weight excluding hydrogens is 188 g/mol. The fraction of sp³-hybridized carbons (Fsp3) is 0.917. The van der Waals surface area contributed by atoms with Crippen molar-refractivity contribution < 1.29 is 4.79 Å². The van der Waals surface area contributed by atoms with Crippen LogP contribution in [0, 0.1) is 5.92 Å². The Balaban J connectivity index is 2.58. The lowest BCUT2D eigenvalue weighted by molar-refractivity contribution is -0.135. The fourth-order valence-corrected chi connectivity index (χ4v) is 2.26. The number of nitrogens with two attached hydrogens (primary N) is 1. The maximum Gasteiger partial charge on any atom is 0.226 e. The minimum Gasteiger partial charge on any atom is -0.346 e. The molecule has 15 heavy (non-hydrogen) atoms. The van der Waals surface area contributed by atoms with Crippen molar-refractivity contribution in [3.8, 4) is 0 Å². The van der Waals surface area contributed by atoms with Gasteiger partial charge in [-0.15, -0.1) is 0 Å². The Kier molecular flexibility index (Phi) is 5.09. The number of amides is 1. The highest BCUT2D eigenvalue weighted by Crippen LogP contribution is 2.23. The summed E-state index contributed by atoms with van der Waals surface area (Å²) in [4.78, 5) is 13.8. The summed E-state index contributed by atoms with van der Waals surface area (Å²) < 4.78 is 0. The first-order valence-corrected chi connectivity index (χ1v) is 6.17. The van der Waals surface area contributed by atoms with Gasteiger partial charge in [0.15, 0.2) is 0 Å². The summed E-state index contributed by atoms with van der Waals surface area (Å²) in [5, 5.41) is 0. The molecule has 2 atom stereocenters. The van der Waals surface area contributed by atoms with E-state index in [9.17, 15) is 4.79 Å². The van der Waals surface area contributed by atoms with Crippen LogP contribution in [0.1, 0.15) is 45.4 Å². The van der Waals surface area contributed by atoms with Crippen LogP contribution in [-0.4, -0.2) is 30.4 Å². The van der Waals surface area contributed by atoms with Crippen molar-refractivity contribution in [3.63, 3.8) is 0 Å². The maximum absolute atomic E-state index is 12.1. The van der Waals surface area contributed by atoms with Gasteiger partial charge in [0.25, 0.3) is 0 Å². The molecule has 1 rings (SSSR count). The first-order chi connectivity index (χ1) is 7.16. The van der Waals surface area contributed by atoms with Crippen LogP contribution in [0.25, 0.3) is 0 Å². The van der Waals surface area contributed by atoms with E-state index < -0.39 is 0 Å². The Hall–Kier alpha value is -0.570. The molecule has 3 nitrogen and oxygen atoms in total. The largest absolute Gasteiger partial charge is 0.346 e. The number of nitrogens with zero attached hydrogens (tertiary/aromatic N) is 1. The van der Waals surface area contributed by atoms with Crippen LogP contribution in [0.2, 0.25) is 0 Å². The minimum atomic E-state index is 0.0650. The topological polar surface area (TPSA) is 46.3 Å². The molecule has 1 aliphatic carbocycles. The molecule has 0 saturated heterocycles. The van der Waals surface area contributed by atoms with Gasteiger partial charge in [0.1, 0.15) is 0 Å². The zero-order valence-electron chi connectivity index (χ0n) is 10.0. The molecule has 0 spiro atoms. The molecule has 2 N–H and O–H groups in total. The van der Waals surface area contributed by atoms with Gasteiger partial charge in [-0.1, -0.05) is 25.7 Å². The second-order valence-corrected chi connectivity index (χ2v) is 4.61. The average Bonchev–Trinajstić information content (AvgIpc) is 2.22. The van der Waals surface area contributed by atoms with E-state index >= 15 is 0 Å². The Morgan fingerprint density at radius 1 is 1.27 bits per heavy atom. The molecule has 1 amide bonds. The highest BCUT2D eigenvalue weighted by atomic mass is 16.2. The van der Waals surface area contributed by atoms with Crippen molar-refractivity contribution in [2.24, 2.45) is 11.7 Å². The molecule has 1 saturated carbocycles. The number of rotatable bonds is 2. The molecule has 1 aliphatic rings. The summed E-state index contributed by atoms with van der Waals surface area (Å²) >= 11 is 0. The average molecular weight is 212 g/mol. The van der Waals surface area contributed by atoms with Gasteiger partial charge in [-0.2, -0.15) is 0 Å². The minimum absolute atomic E-state index is 0.0650. The molecule has 88 valence electrons. The van der Waals surface area contributed by atoms with Crippen LogP contribution in [0.4, 0.5) is 0 Å². The molecule has 0 bridgehead atoms. The van der Waals surface area contributed by atoms with Gasteiger partial charge in [-0.25, -0.2) is 0 Å². The lowest BCUT2D eigenvalue weighted by atomic mass is 9.86. The molecule has 2 unspecified atom stereocenters. The van der Waals surface area contributed by atoms with Crippen LogP contribution in [0.15, 0.2) is 0 Å². The maximum atomic E-state index is 12.1. The van der Waals surface area contributed by atoms with Gasteiger partial charge in [-0.05, 0) is 19.8 Å². The van der Waals surface area contributed by atoms with Gasteiger partial charge in [0.2, 0.25) is 5.91 Å². The van der Waals surface area contributed by atoms with E-state index in [2.05, 4.69) is 0 Å². The lowest BCUT2D eigenvalue weighted by Crippen LogP contribution is -2.43. The van der Waals surface area contributed by atoms with Crippen LogP contribution < -0.4 is 5.73 Å². The molecular formula is C12H24N2O. The summed E-state index contributed by atoms with van der Waals surface area (Å²) in [6, 6.07) is 0.0757. The summed E-state index contributed by atoms with van der Waals surface area (Å²) in [6.45, 7) is 2.79. The predicted octanol–water partition coefficient (Wildman–Crippen LogP) is 1.76. The molecule has 0 aromatic rings. The zero-order chi connectivity index (χ0) is 11.3. The SMILES string of the molecule is CCN(C)C(=O)C1CCCCCCC1N. The Labute approximate surface area is 93.0 Å². The second kappa shape index (κ2) is 6.11. The number of hydrogen-bond acceptors (Lipinski definition) is 2. The molecule has 0 radical (unpaired) electrons. The molecule has 3 heteroatoms. The van der Waals surface area contributed by atoms with Gasteiger partial charge in [-0.3, -0.25) is 4.79 Å². The Morgan fingerprint density at radius 3 is 2.47 bits per heavy atom. The first kappa shape index (κ1) is 12.5. The molecule has 0 aromatic carbocycles. The van der Waals surface area contributed by atoms with Gasteiger partial charge in [0, 0.05) is 19.6 Å². The third-order valence-electron chi connectivity index (χ3n) is 3.49. The van der Waals surface area contributed by atoms with Crippen LogP contribution in [0.5, 0.6) is 0 Å². The smallest absolute Gasteiger partial charge is 0.226 e. The normalized spacial score (nSPS) is 27.9. The van der Waals surface area contributed by atoms with Crippen molar-refractivity contribution in [3.05, 3.63) is 0 Å². The first-order valence-electron chi connectivity index (χ1n) is 6.17. The Bertz CT molecular complexity index is 206. The van der Waals surface area contributed by atoms with Crippen molar-refractivity contribution in [1.29, 1.82) is 0 Å². The van der Waals surface area contributed by atoms with E-state index in [1.807, 2.05) is 14.0 Å². The highest BCUT2D eigenvalue weighted by molar-refractivity contribution is 5.79. The molecule has 1 fully saturated rings. The van der Waals surface area contributed by atoms with Crippen molar-refractivity contribution >= 4 is 5.91 Å². The van der Waals surface area contributed by atoms with Crippen LogP contribution in [-0.2, 0) is 4.79 Å². The van der Waals surface area contributed by atoms with Crippen molar-refractivity contribution in [1.82, 2.24) is 4.90 Å². The van der Waals surface area contributed by atoms with Gasteiger partial charge >= 0.3 is 0 Å². The third kappa shape index (κ3) is 3.49. The fourth-order valence-electron chi connectivity index (χ4n) is 2.26. The van der Waals surface area contributed by atoms with E-state index in [0.29, 0.717) is 0 Å². The van der Waals surface area contributed by atoms with Gasteiger partial charge in [0.05, 0.1) is 5.92 Å². The molecule has 0 aliphatic heterocycles. The molecule has 0 aromatic heterocycles. The van der Waals surface area contributed by atoms with E-state index in [4.69, 9.17) is 5.73 Å². The third-order valence-corrected chi connectivity index (χ3v) is 3.49. The van der Waals surface area contributed by atoms with E-state index in [1.54, 1.807) is 4.90 Å². The zero-order valence-corrected chi connectivity index (χ0v) is 10.0. The number of hydrogen-bond donors (Lipinski definition) is 1. The summed E-state index contributed by atoms with van der Waals surface area (Å²) in [7, 11) is 1.87. The van der Waals surface area contributed by atoms with Crippen molar-refractivity contribution in [2.75, 3.05) is 13.6 Å². The standard InChI is InChI=1S/C12H24N2O/c1-3-14(2)12(15)10-8-6-4-5-7-9-11(10)13/h10-11H,3-9,13H2,1-2H3. The quantitative estimate of drug-likeness (QED) is 0.758. The van der Waals surface area contributed by atoms with E-state index in [1.165, 1.54) is 19.3 Å². The number of carbonyl (C=O) groups is 1. The predicted molar refractivity (Wildman–Crippen MR) is 62.5 cm³/mol. The number of carbonyl (C=O) groups excluding carboxylic acids is 1. The summed E-state index contributed by atoms with van der Waals surface area (Å²) in [5.74, 6) is 0.308. The Morgan fingerprint density at radius 2 is 1.87 bits per heavy atom. The lowest BCUT2D eigenvalue weighted by Gasteiger charge is -2.28. The van der Waals surface area contributed by atoms with Crippen LogP contribution in [0.3, 0.4) is 0 Å².